The average Bonchev–Trinajstić information content (AvgIpc) is 2.77. The van der Waals surface area contributed by atoms with Crippen molar-refractivity contribution in [1.82, 2.24) is 10.3 Å². The van der Waals surface area contributed by atoms with Crippen LogP contribution in [0.4, 0.5) is 5.69 Å². The number of anilines is 1. The number of hydrogen-bond acceptors (Lipinski definition) is 4. The first kappa shape index (κ1) is 20.1. The van der Waals surface area contributed by atoms with Gasteiger partial charge in [0.15, 0.2) is 5.75 Å². The number of rotatable bonds is 7. The number of fused-ring (bicyclic) bond motifs is 2. The quantitative estimate of drug-likeness (QED) is 0.744. The van der Waals surface area contributed by atoms with E-state index in [2.05, 4.69) is 24.1 Å². The number of nitrogens with zero attached hydrogens (tertiary/aromatic N) is 2. The molecular formula is C21H24ClN3O3. The fraction of sp³-hybridized carbons (Fsp3) is 0.381. The fourth-order valence-electron chi connectivity index (χ4n) is 2.99. The molecule has 1 aliphatic rings. The van der Waals surface area contributed by atoms with Crippen molar-refractivity contribution in [3.63, 3.8) is 0 Å². The Morgan fingerprint density at radius 2 is 2.14 bits per heavy atom. The summed E-state index contributed by atoms with van der Waals surface area (Å²) in [6, 6.07) is 8.51. The second-order valence-electron chi connectivity index (χ2n) is 7.16. The topological polar surface area (TPSA) is 71.5 Å². The molecule has 2 aromatic rings. The number of halogens is 1. The molecule has 1 aromatic carbocycles. The van der Waals surface area contributed by atoms with E-state index in [1.807, 2.05) is 0 Å². The Morgan fingerprint density at radius 1 is 1.32 bits per heavy atom. The number of pyridine rings is 1. The maximum atomic E-state index is 13.1. The molecule has 1 aromatic heterocycles. The smallest absolute Gasteiger partial charge is 0.263 e. The van der Waals surface area contributed by atoms with Crippen LogP contribution in [0, 0.1) is 5.92 Å². The Morgan fingerprint density at radius 3 is 2.93 bits per heavy atom. The van der Waals surface area contributed by atoms with Crippen LogP contribution in [0.25, 0.3) is 0 Å². The lowest BCUT2D eigenvalue weighted by Crippen LogP contribution is -2.32. The lowest BCUT2D eigenvalue weighted by molar-refractivity contribution is -0.121. The molecule has 0 saturated heterocycles. The Kier molecular flexibility index (Phi) is 6.52. The molecule has 0 bridgehead atoms. The van der Waals surface area contributed by atoms with E-state index >= 15 is 0 Å². The standard InChI is InChI=1S/C21H24ClN3O3/c1-14(2)9-11-23-19(26)6-4-12-25-17-13-15(22)7-8-18(17)28-20-16(21(25)27)5-3-10-24-20/h3,5,7-8,10,13-14H,4,6,9,11-12H2,1-2H3,(H,23,26). The molecule has 0 radical (unpaired) electrons. The van der Waals surface area contributed by atoms with E-state index in [0.717, 1.165) is 6.42 Å². The minimum absolute atomic E-state index is 0.00689. The van der Waals surface area contributed by atoms with Gasteiger partial charge in [0.25, 0.3) is 5.91 Å². The monoisotopic (exact) mass is 401 g/mol. The summed E-state index contributed by atoms with van der Waals surface area (Å²) in [5, 5.41) is 3.43. The van der Waals surface area contributed by atoms with Crippen LogP contribution in [0.1, 0.15) is 43.5 Å². The van der Waals surface area contributed by atoms with Crippen LogP contribution in [0.3, 0.4) is 0 Å². The van der Waals surface area contributed by atoms with Gasteiger partial charge in [0.1, 0.15) is 5.56 Å². The van der Waals surface area contributed by atoms with Crippen molar-refractivity contribution in [2.24, 2.45) is 5.92 Å². The van der Waals surface area contributed by atoms with Crippen molar-refractivity contribution in [2.45, 2.75) is 33.1 Å². The molecule has 0 spiro atoms. The Hall–Kier alpha value is -2.60. The highest BCUT2D eigenvalue weighted by Crippen LogP contribution is 2.39. The summed E-state index contributed by atoms with van der Waals surface area (Å²) in [6.45, 7) is 5.29. The van der Waals surface area contributed by atoms with Gasteiger partial charge in [-0.2, -0.15) is 0 Å². The molecule has 2 amide bonds. The molecular weight excluding hydrogens is 378 g/mol. The SMILES string of the molecule is CC(C)CCNC(=O)CCCN1C(=O)c2cccnc2Oc2ccc(Cl)cc21. The summed E-state index contributed by atoms with van der Waals surface area (Å²) < 4.78 is 5.85. The first-order chi connectivity index (χ1) is 13.5. The Labute approximate surface area is 169 Å². The number of benzene rings is 1. The zero-order chi connectivity index (χ0) is 20.1. The Balaban J connectivity index is 1.73. The second kappa shape index (κ2) is 9.06. The van der Waals surface area contributed by atoms with Gasteiger partial charge in [0.2, 0.25) is 11.8 Å². The number of amides is 2. The van der Waals surface area contributed by atoms with Crippen molar-refractivity contribution in [3.8, 4) is 11.6 Å². The highest BCUT2D eigenvalue weighted by atomic mass is 35.5. The first-order valence-electron chi connectivity index (χ1n) is 9.46. The fourth-order valence-corrected chi connectivity index (χ4v) is 3.16. The molecule has 148 valence electrons. The second-order valence-corrected chi connectivity index (χ2v) is 7.60. The van der Waals surface area contributed by atoms with Crippen LogP contribution in [-0.4, -0.2) is 29.9 Å². The zero-order valence-electron chi connectivity index (χ0n) is 16.1. The van der Waals surface area contributed by atoms with Crippen molar-refractivity contribution in [2.75, 3.05) is 18.0 Å². The Bertz CT molecular complexity index is 870. The number of nitrogens with one attached hydrogen (secondary N) is 1. The largest absolute Gasteiger partial charge is 0.436 e. The summed E-state index contributed by atoms with van der Waals surface area (Å²) >= 11 is 6.15. The van der Waals surface area contributed by atoms with Crippen LogP contribution in [0.5, 0.6) is 11.6 Å². The summed E-state index contributed by atoms with van der Waals surface area (Å²) in [4.78, 5) is 30.9. The van der Waals surface area contributed by atoms with Crippen molar-refractivity contribution >= 4 is 29.1 Å². The number of ether oxygens (including phenoxy) is 1. The van der Waals surface area contributed by atoms with Crippen LogP contribution in [0.2, 0.25) is 5.02 Å². The van der Waals surface area contributed by atoms with Gasteiger partial charge < -0.3 is 15.0 Å². The maximum absolute atomic E-state index is 13.1. The van der Waals surface area contributed by atoms with Crippen molar-refractivity contribution in [3.05, 3.63) is 47.1 Å². The summed E-state index contributed by atoms with van der Waals surface area (Å²) in [5.74, 6) is 1.10. The number of hydrogen-bond donors (Lipinski definition) is 1. The van der Waals surface area contributed by atoms with Crippen LogP contribution >= 0.6 is 11.6 Å². The van der Waals surface area contributed by atoms with E-state index in [1.54, 1.807) is 41.4 Å². The zero-order valence-corrected chi connectivity index (χ0v) is 16.8. The van der Waals surface area contributed by atoms with Gasteiger partial charge in [0, 0.05) is 30.7 Å². The minimum atomic E-state index is -0.218. The summed E-state index contributed by atoms with van der Waals surface area (Å²) in [5.41, 5.74) is 0.965. The first-order valence-corrected chi connectivity index (χ1v) is 9.84. The number of carbonyl (C=O) groups is 2. The van der Waals surface area contributed by atoms with E-state index in [-0.39, 0.29) is 17.7 Å². The lowest BCUT2D eigenvalue weighted by Gasteiger charge is -2.22. The highest BCUT2D eigenvalue weighted by molar-refractivity contribution is 6.31. The molecule has 0 aliphatic carbocycles. The van der Waals surface area contributed by atoms with Crippen molar-refractivity contribution < 1.29 is 14.3 Å². The van der Waals surface area contributed by atoms with E-state index in [1.165, 1.54) is 0 Å². The van der Waals surface area contributed by atoms with E-state index < -0.39 is 0 Å². The average molecular weight is 402 g/mol. The van der Waals surface area contributed by atoms with Gasteiger partial charge in [-0.05, 0) is 49.1 Å². The third kappa shape index (κ3) is 4.81. The lowest BCUT2D eigenvalue weighted by atomic mass is 10.1. The molecule has 1 aliphatic heterocycles. The molecule has 0 saturated carbocycles. The van der Waals surface area contributed by atoms with Crippen LogP contribution < -0.4 is 15.0 Å². The molecule has 28 heavy (non-hydrogen) atoms. The van der Waals surface area contributed by atoms with Gasteiger partial charge in [0.05, 0.1) is 5.69 Å². The molecule has 0 fully saturated rings. The molecule has 1 N–H and O–H groups in total. The minimum Gasteiger partial charge on any atom is -0.436 e. The van der Waals surface area contributed by atoms with Crippen LogP contribution in [0.15, 0.2) is 36.5 Å². The van der Waals surface area contributed by atoms with Gasteiger partial charge in [-0.15, -0.1) is 0 Å². The molecule has 7 heteroatoms. The molecule has 3 rings (SSSR count). The normalized spacial score (nSPS) is 12.9. The van der Waals surface area contributed by atoms with Gasteiger partial charge in [-0.3, -0.25) is 9.59 Å². The number of aromatic nitrogens is 1. The van der Waals surface area contributed by atoms with Gasteiger partial charge >= 0.3 is 0 Å². The summed E-state index contributed by atoms with van der Waals surface area (Å²) in [6.07, 6.45) is 3.40. The van der Waals surface area contributed by atoms with E-state index in [4.69, 9.17) is 16.3 Å². The predicted molar refractivity (Wildman–Crippen MR) is 109 cm³/mol. The molecule has 0 atom stereocenters. The van der Waals surface area contributed by atoms with Gasteiger partial charge in [-0.1, -0.05) is 25.4 Å². The maximum Gasteiger partial charge on any atom is 0.263 e. The van der Waals surface area contributed by atoms with E-state index in [0.29, 0.717) is 53.9 Å². The summed E-state index contributed by atoms with van der Waals surface area (Å²) in [7, 11) is 0. The van der Waals surface area contributed by atoms with E-state index in [9.17, 15) is 9.59 Å². The molecule has 0 unspecified atom stereocenters. The third-order valence-corrected chi connectivity index (χ3v) is 4.73. The molecule has 6 nitrogen and oxygen atoms in total. The number of carbonyl (C=O) groups excluding carboxylic acids is 2. The molecule has 2 heterocycles. The van der Waals surface area contributed by atoms with Crippen LogP contribution in [-0.2, 0) is 4.79 Å². The predicted octanol–water partition coefficient (Wildman–Crippen LogP) is 4.43. The third-order valence-electron chi connectivity index (χ3n) is 4.49. The van der Waals surface area contributed by atoms with Gasteiger partial charge in [-0.25, -0.2) is 4.98 Å². The van der Waals surface area contributed by atoms with Crippen molar-refractivity contribution in [1.29, 1.82) is 0 Å². The highest BCUT2D eigenvalue weighted by Gasteiger charge is 2.29.